The lowest BCUT2D eigenvalue weighted by Gasteiger charge is -2.14. The molecule has 0 atom stereocenters. The number of phenolic OH excluding ortho intramolecular Hbond substituents is 1. The minimum atomic E-state index is 0.237. The number of nitrogens with one attached hydrogen (secondary N) is 1. The molecular formula is C16H18ClNO3. The molecule has 2 aromatic rings. The van der Waals surface area contributed by atoms with Gasteiger partial charge in [0, 0.05) is 23.3 Å². The van der Waals surface area contributed by atoms with Crippen molar-refractivity contribution in [2.75, 3.05) is 19.0 Å². The average molecular weight is 308 g/mol. The van der Waals surface area contributed by atoms with Gasteiger partial charge in [-0.1, -0.05) is 11.6 Å². The van der Waals surface area contributed by atoms with Crippen molar-refractivity contribution < 1.29 is 14.6 Å². The van der Waals surface area contributed by atoms with Gasteiger partial charge in [0.05, 0.1) is 13.7 Å². The predicted octanol–water partition coefficient (Wildman–Crippen LogP) is 4.07. The van der Waals surface area contributed by atoms with Crippen LogP contribution in [0.15, 0.2) is 36.4 Å². The molecule has 0 amide bonds. The third kappa shape index (κ3) is 3.95. The van der Waals surface area contributed by atoms with Crippen molar-refractivity contribution in [1.29, 1.82) is 0 Å². The van der Waals surface area contributed by atoms with Crippen LogP contribution in [-0.4, -0.2) is 18.8 Å². The molecule has 0 heterocycles. The first-order valence-corrected chi connectivity index (χ1v) is 7.04. The summed E-state index contributed by atoms with van der Waals surface area (Å²) in [7, 11) is 1.60. The highest BCUT2D eigenvalue weighted by atomic mass is 35.5. The van der Waals surface area contributed by atoms with E-state index >= 15 is 0 Å². The number of methoxy groups -OCH3 is 1. The molecular weight excluding hydrogens is 290 g/mol. The van der Waals surface area contributed by atoms with E-state index in [4.69, 9.17) is 21.1 Å². The Morgan fingerprint density at radius 1 is 1.14 bits per heavy atom. The Labute approximate surface area is 129 Å². The van der Waals surface area contributed by atoms with Crippen molar-refractivity contribution in [2.24, 2.45) is 0 Å². The normalized spacial score (nSPS) is 10.2. The van der Waals surface area contributed by atoms with Gasteiger partial charge in [0.25, 0.3) is 0 Å². The standard InChI is InChI=1S/C16H18ClNO3/c1-3-21-16-9-14(17)11(8-15(16)20-2)10-18-12-4-6-13(19)7-5-12/h4-9,18-19H,3,10H2,1-2H3. The Morgan fingerprint density at radius 2 is 1.86 bits per heavy atom. The molecule has 2 rings (SSSR count). The minimum absolute atomic E-state index is 0.237. The fourth-order valence-corrected chi connectivity index (χ4v) is 2.14. The third-order valence-electron chi connectivity index (χ3n) is 2.98. The fraction of sp³-hybridized carbons (Fsp3) is 0.250. The molecule has 0 aliphatic rings. The number of hydrogen-bond acceptors (Lipinski definition) is 4. The van der Waals surface area contributed by atoms with Crippen molar-refractivity contribution in [2.45, 2.75) is 13.5 Å². The molecule has 0 spiro atoms. The Hall–Kier alpha value is -2.07. The summed E-state index contributed by atoms with van der Waals surface area (Å²) in [6, 6.07) is 10.5. The largest absolute Gasteiger partial charge is 0.508 e. The molecule has 2 aromatic carbocycles. The van der Waals surface area contributed by atoms with Gasteiger partial charge in [-0.2, -0.15) is 0 Å². The van der Waals surface area contributed by atoms with E-state index in [1.165, 1.54) is 0 Å². The number of benzene rings is 2. The van der Waals surface area contributed by atoms with E-state index in [9.17, 15) is 5.11 Å². The maximum atomic E-state index is 9.26. The van der Waals surface area contributed by atoms with Gasteiger partial charge in [0.1, 0.15) is 5.75 Å². The Bertz CT molecular complexity index is 599. The highest BCUT2D eigenvalue weighted by Crippen LogP contribution is 2.33. The van der Waals surface area contributed by atoms with E-state index < -0.39 is 0 Å². The molecule has 5 heteroatoms. The highest BCUT2D eigenvalue weighted by molar-refractivity contribution is 6.31. The molecule has 0 unspecified atom stereocenters. The molecule has 0 saturated carbocycles. The molecule has 4 nitrogen and oxygen atoms in total. The average Bonchev–Trinajstić information content (AvgIpc) is 2.48. The summed E-state index contributed by atoms with van der Waals surface area (Å²) in [5, 5.41) is 13.1. The summed E-state index contributed by atoms with van der Waals surface area (Å²) in [6.45, 7) is 3.01. The van der Waals surface area contributed by atoms with Gasteiger partial charge in [-0.05, 0) is 42.8 Å². The second-order valence-electron chi connectivity index (χ2n) is 4.43. The molecule has 0 aromatic heterocycles. The van der Waals surface area contributed by atoms with Crippen molar-refractivity contribution in [3.63, 3.8) is 0 Å². The van der Waals surface area contributed by atoms with Crippen LogP contribution in [0.4, 0.5) is 5.69 Å². The first kappa shape index (κ1) is 15.3. The topological polar surface area (TPSA) is 50.7 Å². The van der Waals surface area contributed by atoms with Gasteiger partial charge in [0.15, 0.2) is 11.5 Å². The molecule has 0 fully saturated rings. The first-order chi connectivity index (χ1) is 10.1. The van der Waals surface area contributed by atoms with Gasteiger partial charge in [-0.25, -0.2) is 0 Å². The van der Waals surface area contributed by atoms with Crippen LogP contribution in [-0.2, 0) is 6.54 Å². The van der Waals surface area contributed by atoms with Gasteiger partial charge in [0.2, 0.25) is 0 Å². The third-order valence-corrected chi connectivity index (χ3v) is 3.33. The zero-order valence-corrected chi connectivity index (χ0v) is 12.8. The summed E-state index contributed by atoms with van der Waals surface area (Å²) in [4.78, 5) is 0. The van der Waals surface area contributed by atoms with Crippen LogP contribution < -0.4 is 14.8 Å². The van der Waals surface area contributed by atoms with Gasteiger partial charge in [-0.15, -0.1) is 0 Å². The molecule has 0 saturated heterocycles. The number of phenols is 1. The highest BCUT2D eigenvalue weighted by Gasteiger charge is 2.10. The van der Waals surface area contributed by atoms with Crippen molar-refractivity contribution in [3.05, 3.63) is 47.0 Å². The van der Waals surface area contributed by atoms with E-state index in [0.717, 1.165) is 11.3 Å². The van der Waals surface area contributed by atoms with E-state index in [-0.39, 0.29) is 5.75 Å². The second kappa shape index (κ2) is 7.09. The number of halogens is 1. The van der Waals surface area contributed by atoms with E-state index in [1.807, 2.05) is 13.0 Å². The Balaban J connectivity index is 2.14. The van der Waals surface area contributed by atoms with Gasteiger partial charge < -0.3 is 19.9 Å². The van der Waals surface area contributed by atoms with Crippen molar-refractivity contribution in [1.82, 2.24) is 0 Å². The lowest BCUT2D eigenvalue weighted by atomic mass is 10.2. The van der Waals surface area contributed by atoms with Gasteiger partial charge in [-0.3, -0.25) is 0 Å². The molecule has 0 radical (unpaired) electrons. The number of anilines is 1. The monoisotopic (exact) mass is 307 g/mol. The minimum Gasteiger partial charge on any atom is -0.508 e. The maximum Gasteiger partial charge on any atom is 0.162 e. The molecule has 21 heavy (non-hydrogen) atoms. The van der Waals surface area contributed by atoms with Crippen LogP contribution in [0.3, 0.4) is 0 Å². The molecule has 0 aliphatic carbocycles. The summed E-state index contributed by atoms with van der Waals surface area (Å²) < 4.78 is 10.8. The zero-order valence-electron chi connectivity index (χ0n) is 12.0. The van der Waals surface area contributed by atoms with Crippen molar-refractivity contribution >= 4 is 17.3 Å². The smallest absolute Gasteiger partial charge is 0.162 e. The number of hydrogen-bond donors (Lipinski definition) is 2. The maximum absolute atomic E-state index is 9.26. The number of rotatable bonds is 6. The quantitative estimate of drug-likeness (QED) is 0.790. The zero-order chi connectivity index (χ0) is 15.2. The summed E-state index contributed by atoms with van der Waals surface area (Å²) in [5.74, 6) is 1.53. The molecule has 0 bridgehead atoms. The van der Waals surface area contributed by atoms with Crippen LogP contribution in [0, 0.1) is 0 Å². The Morgan fingerprint density at radius 3 is 2.48 bits per heavy atom. The number of ether oxygens (including phenoxy) is 2. The van der Waals surface area contributed by atoms with E-state index in [0.29, 0.717) is 29.7 Å². The van der Waals surface area contributed by atoms with E-state index in [2.05, 4.69) is 5.32 Å². The van der Waals surface area contributed by atoms with Crippen molar-refractivity contribution in [3.8, 4) is 17.2 Å². The Kier molecular flexibility index (Phi) is 5.17. The number of aromatic hydroxyl groups is 1. The van der Waals surface area contributed by atoms with Crippen LogP contribution in [0.1, 0.15) is 12.5 Å². The predicted molar refractivity (Wildman–Crippen MR) is 84.6 cm³/mol. The van der Waals surface area contributed by atoms with E-state index in [1.54, 1.807) is 37.4 Å². The summed E-state index contributed by atoms with van der Waals surface area (Å²) in [6.07, 6.45) is 0. The fourth-order valence-electron chi connectivity index (χ4n) is 1.92. The lowest BCUT2D eigenvalue weighted by molar-refractivity contribution is 0.311. The SMILES string of the molecule is CCOc1cc(Cl)c(CNc2ccc(O)cc2)cc1OC. The second-order valence-corrected chi connectivity index (χ2v) is 4.84. The van der Waals surface area contributed by atoms with Crippen LogP contribution in [0.5, 0.6) is 17.2 Å². The lowest BCUT2D eigenvalue weighted by Crippen LogP contribution is -2.02. The van der Waals surface area contributed by atoms with Crippen LogP contribution in [0.2, 0.25) is 5.02 Å². The first-order valence-electron chi connectivity index (χ1n) is 6.66. The van der Waals surface area contributed by atoms with Crippen LogP contribution >= 0.6 is 11.6 Å². The summed E-state index contributed by atoms with van der Waals surface area (Å²) >= 11 is 6.27. The van der Waals surface area contributed by atoms with Crippen LogP contribution in [0.25, 0.3) is 0 Å². The van der Waals surface area contributed by atoms with Gasteiger partial charge >= 0.3 is 0 Å². The summed E-state index contributed by atoms with van der Waals surface area (Å²) in [5.41, 5.74) is 1.81. The molecule has 112 valence electrons. The molecule has 2 N–H and O–H groups in total. The molecule has 0 aliphatic heterocycles.